The highest BCUT2D eigenvalue weighted by molar-refractivity contribution is 6.31. The summed E-state index contributed by atoms with van der Waals surface area (Å²) < 4.78 is 79.9. The number of hydrogen-bond acceptors (Lipinski definition) is 3. The number of anilines is 1. The minimum absolute atomic E-state index is 0.0524. The summed E-state index contributed by atoms with van der Waals surface area (Å²) in [6, 6.07) is 14.5. The third-order valence-corrected chi connectivity index (χ3v) is 5.12. The van der Waals surface area contributed by atoms with Crippen LogP contribution in [0.25, 0.3) is 0 Å². The highest BCUT2D eigenvalue weighted by Gasteiger charge is 2.32. The molecule has 12 heteroatoms. The van der Waals surface area contributed by atoms with Crippen LogP contribution in [-0.2, 0) is 17.5 Å². The normalized spacial score (nSPS) is 11.6. The molecule has 36 heavy (non-hydrogen) atoms. The lowest BCUT2D eigenvalue weighted by atomic mass is 10.1. The van der Waals surface area contributed by atoms with Gasteiger partial charge in [0.05, 0.1) is 5.56 Å². The van der Waals surface area contributed by atoms with Crippen LogP contribution in [0.1, 0.15) is 21.5 Å². The SMILES string of the molecule is O=C(CN(Cc1ccccc1Cl)C(=O)c1ccc(OC(F)(F)F)cc1)Nc1cccc(C(F)(F)F)c1. The Morgan fingerprint density at radius 1 is 0.889 bits per heavy atom. The van der Waals surface area contributed by atoms with Crippen LogP contribution in [0.4, 0.5) is 32.0 Å². The van der Waals surface area contributed by atoms with Gasteiger partial charge in [-0.05, 0) is 54.1 Å². The number of nitrogens with one attached hydrogen (secondary N) is 1. The van der Waals surface area contributed by atoms with Gasteiger partial charge in [-0.1, -0.05) is 35.9 Å². The fraction of sp³-hybridized carbons (Fsp3) is 0.167. The van der Waals surface area contributed by atoms with Gasteiger partial charge < -0.3 is 15.0 Å². The predicted octanol–water partition coefficient (Wildman–Crippen LogP) is 6.54. The molecule has 2 amide bonds. The van der Waals surface area contributed by atoms with Gasteiger partial charge in [-0.25, -0.2) is 0 Å². The molecule has 0 atom stereocenters. The molecule has 0 fully saturated rings. The second-order valence-corrected chi connectivity index (χ2v) is 7.86. The summed E-state index contributed by atoms with van der Waals surface area (Å²) in [5, 5.41) is 2.61. The highest BCUT2D eigenvalue weighted by Crippen LogP contribution is 2.30. The van der Waals surface area contributed by atoms with Gasteiger partial charge in [0, 0.05) is 22.8 Å². The molecule has 1 N–H and O–H groups in total. The predicted molar refractivity (Wildman–Crippen MR) is 119 cm³/mol. The molecule has 0 heterocycles. The summed E-state index contributed by atoms with van der Waals surface area (Å²) in [5.41, 5.74) is -0.682. The van der Waals surface area contributed by atoms with Crippen molar-refractivity contribution in [1.82, 2.24) is 4.90 Å². The van der Waals surface area contributed by atoms with Crippen LogP contribution in [-0.4, -0.2) is 29.6 Å². The molecule has 0 aliphatic rings. The Bertz CT molecular complexity index is 1230. The van der Waals surface area contributed by atoms with E-state index in [2.05, 4.69) is 10.1 Å². The Morgan fingerprint density at radius 2 is 1.56 bits per heavy atom. The molecule has 0 saturated carbocycles. The lowest BCUT2D eigenvalue weighted by Gasteiger charge is -2.23. The van der Waals surface area contributed by atoms with E-state index in [1.807, 2.05) is 0 Å². The van der Waals surface area contributed by atoms with Crippen molar-refractivity contribution in [1.29, 1.82) is 0 Å². The van der Waals surface area contributed by atoms with Crippen LogP contribution >= 0.6 is 11.6 Å². The van der Waals surface area contributed by atoms with Gasteiger partial charge in [0.15, 0.2) is 0 Å². The van der Waals surface area contributed by atoms with Crippen LogP contribution < -0.4 is 10.1 Å². The number of carbonyl (C=O) groups is 2. The first-order chi connectivity index (χ1) is 16.8. The van der Waals surface area contributed by atoms with Gasteiger partial charge in [-0.2, -0.15) is 13.2 Å². The Kier molecular flexibility index (Phi) is 8.13. The third kappa shape index (κ3) is 7.64. The topological polar surface area (TPSA) is 58.6 Å². The molecule has 0 aromatic heterocycles. The summed E-state index contributed by atoms with van der Waals surface area (Å²) in [7, 11) is 0. The molecule has 0 aliphatic heterocycles. The molecular formula is C24H17ClF6N2O3. The monoisotopic (exact) mass is 530 g/mol. The Balaban J connectivity index is 1.81. The number of amides is 2. The molecular weight excluding hydrogens is 514 g/mol. The first-order valence-corrected chi connectivity index (χ1v) is 10.6. The van der Waals surface area contributed by atoms with Crippen molar-refractivity contribution in [3.05, 3.63) is 94.5 Å². The van der Waals surface area contributed by atoms with E-state index in [4.69, 9.17) is 11.6 Å². The van der Waals surface area contributed by atoms with E-state index >= 15 is 0 Å². The quantitative estimate of drug-likeness (QED) is 0.353. The first kappa shape index (κ1) is 26.9. The van der Waals surface area contributed by atoms with E-state index in [1.54, 1.807) is 24.3 Å². The van der Waals surface area contributed by atoms with Crippen molar-refractivity contribution >= 4 is 29.1 Å². The van der Waals surface area contributed by atoms with E-state index < -0.39 is 42.2 Å². The van der Waals surface area contributed by atoms with Gasteiger partial charge in [-0.3, -0.25) is 9.59 Å². The number of nitrogens with zero attached hydrogens (tertiary/aromatic N) is 1. The lowest BCUT2D eigenvalue weighted by Crippen LogP contribution is -2.37. The van der Waals surface area contributed by atoms with Crippen molar-refractivity contribution in [2.45, 2.75) is 19.1 Å². The smallest absolute Gasteiger partial charge is 0.406 e. The molecule has 3 aromatic carbocycles. The van der Waals surface area contributed by atoms with Gasteiger partial charge >= 0.3 is 12.5 Å². The molecule has 0 unspecified atom stereocenters. The summed E-state index contributed by atoms with van der Waals surface area (Å²) in [4.78, 5) is 26.8. The first-order valence-electron chi connectivity index (χ1n) is 10.2. The maximum absolute atomic E-state index is 13.1. The molecule has 0 bridgehead atoms. The maximum Gasteiger partial charge on any atom is 0.573 e. The van der Waals surface area contributed by atoms with Gasteiger partial charge in [0.25, 0.3) is 5.91 Å². The molecule has 0 radical (unpaired) electrons. The maximum atomic E-state index is 13.1. The molecule has 0 saturated heterocycles. The fourth-order valence-corrected chi connectivity index (χ4v) is 3.36. The number of carbonyl (C=O) groups excluding carboxylic acids is 2. The number of alkyl halides is 6. The van der Waals surface area contributed by atoms with Crippen LogP contribution in [0.5, 0.6) is 5.75 Å². The largest absolute Gasteiger partial charge is 0.573 e. The minimum Gasteiger partial charge on any atom is -0.406 e. The van der Waals surface area contributed by atoms with Crippen molar-refractivity contribution in [3.63, 3.8) is 0 Å². The van der Waals surface area contributed by atoms with Crippen molar-refractivity contribution in [3.8, 4) is 5.75 Å². The molecule has 0 aliphatic carbocycles. The third-order valence-electron chi connectivity index (χ3n) is 4.75. The Labute approximate surface area is 206 Å². The summed E-state index contributed by atoms with van der Waals surface area (Å²) in [5.74, 6) is -2.07. The van der Waals surface area contributed by atoms with Crippen LogP contribution in [0.2, 0.25) is 5.02 Å². The molecule has 3 rings (SSSR count). The number of hydrogen-bond donors (Lipinski definition) is 1. The Morgan fingerprint density at radius 3 is 2.17 bits per heavy atom. The Hall–Kier alpha value is -3.73. The standard InChI is InChI=1S/C24H17ClF6N2O3/c25-20-7-2-1-4-16(20)13-33(22(35)15-8-10-19(11-9-15)36-24(29,30)31)14-21(34)32-18-6-3-5-17(12-18)23(26,27)28/h1-12H,13-14H2,(H,32,34). The second-order valence-electron chi connectivity index (χ2n) is 7.45. The zero-order chi connectivity index (χ0) is 26.5. The minimum atomic E-state index is -4.91. The van der Waals surface area contributed by atoms with Crippen LogP contribution in [0.15, 0.2) is 72.8 Å². The van der Waals surface area contributed by atoms with Crippen LogP contribution in [0.3, 0.4) is 0 Å². The average molecular weight is 531 g/mol. The van der Waals surface area contributed by atoms with E-state index in [9.17, 15) is 35.9 Å². The average Bonchev–Trinajstić information content (AvgIpc) is 2.78. The van der Waals surface area contributed by atoms with E-state index in [0.717, 1.165) is 47.4 Å². The molecule has 190 valence electrons. The number of rotatable bonds is 7. The van der Waals surface area contributed by atoms with Gasteiger partial charge in [-0.15, -0.1) is 13.2 Å². The van der Waals surface area contributed by atoms with Gasteiger partial charge in [0.1, 0.15) is 12.3 Å². The highest BCUT2D eigenvalue weighted by atomic mass is 35.5. The second kappa shape index (κ2) is 10.9. The number of halogens is 7. The number of ether oxygens (including phenoxy) is 1. The molecule has 0 spiro atoms. The van der Waals surface area contributed by atoms with E-state index in [0.29, 0.717) is 10.6 Å². The van der Waals surface area contributed by atoms with Gasteiger partial charge in [0.2, 0.25) is 5.91 Å². The molecule has 5 nitrogen and oxygen atoms in total. The van der Waals surface area contributed by atoms with E-state index in [-0.39, 0.29) is 17.8 Å². The van der Waals surface area contributed by atoms with E-state index in [1.165, 1.54) is 6.07 Å². The summed E-state index contributed by atoms with van der Waals surface area (Å²) in [6.45, 7) is -0.740. The summed E-state index contributed by atoms with van der Waals surface area (Å²) in [6.07, 6.45) is -9.53. The van der Waals surface area contributed by atoms with Crippen molar-refractivity contribution in [2.24, 2.45) is 0 Å². The summed E-state index contributed by atoms with van der Waals surface area (Å²) >= 11 is 6.16. The number of benzene rings is 3. The molecule has 3 aromatic rings. The lowest BCUT2D eigenvalue weighted by molar-refractivity contribution is -0.274. The van der Waals surface area contributed by atoms with Crippen LogP contribution in [0, 0.1) is 0 Å². The van der Waals surface area contributed by atoms with Crippen molar-refractivity contribution in [2.75, 3.05) is 11.9 Å². The zero-order valence-electron chi connectivity index (χ0n) is 18.2. The van der Waals surface area contributed by atoms with Crippen molar-refractivity contribution < 1.29 is 40.7 Å². The fourth-order valence-electron chi connectivity index (χ4n) is 3.16. The zero-order valence-corrected chi connectivity index (χ0v) is 18.9.